The lowest BCUT2D eigenvalue weighted by Crippen LogP contribution is -2.41. The molecule has 0 aromatic heterocycles. The van der Waals surface area contributed by atoms with Crippen molar-refractivity contribution in [1.82, 2.24) is 5.32 Å². The van der Waals surface area contributed by atoms with E-state index in [0.29, 0.717) is 12.8 Å². The van der Waals surface area contributed by atoms with E-state index in [4.69, 9.17) is 86.9 Å². The van der Waals surface area contributed by atoms with E-state index in [1.807, 2.05) is 0 Å². The summed E-state index contributed by atoms with van der Waals surface area (Å²) >= 11 is 36.4. The molecule has 0 heterocycles. The number of ether oxygens (including phenoxy) is 2. The van der Waals surface area contributed by atoms with Crippen molar-refractivity contribution in [3.8, 4) is 0 Å². The number of hydrogen-bond acceptors (Lipinski definition) is 5. The molecular weight excluding hydrogens is 668 g/mol. The first-order chi connectivity index (χ1) is 15.7. The molecule has 3 N–H and O–H groups in total. The summed E-state index contributed by atoms with van der Waals surface area (Å²) in [6, 6.07) is -0.290. The van der Waals surface area contributed by atoms with Gasteiger partial charge in [0.2, 0.25) is 19.4 Å². The molecule has 2 fully saturated rings. The second-order valence-corrected chi connectivity index (χ2v) is 13.1. The number of alkyl carbamates (subject to hydrolysis) is 1. The number of alkyl halides is 10. The van der Waals surface area contributed by atoms with E-state index < -0.39 is 31.0 Å². The van der Waals surface area contributed by atoms with Crippen LogP contribution in [0, 0.1) is 0 Å². The summed E-state index contributed by atoms with van der Waals surface area (Å²) in [5, 5.41) is 2.46. The number of carbonyl (C=O) groups excluding carboxylic acids is 2. The van der Waals surface area contributed by atoms with Crippen LogP contribution in [0.15, 0.2) is 0 Å². The van der Waals surface area contributed by atoms with Crippen molar-refractivity contribution in [2.45, 2.75) is 82.9 Å². The fourth-order valence-corrected chi connectivity index (χ4v) is 3.12. The zero-order valence-electron chi connectivity index (χ0n) is 18.5. The number of hydrogen-bond donors (Lipinski definition) is 2. The van der Waals surface area contributed by atoms with Gasteiger partial charge in [-0.3, -0.25) is 0 Å². The van der Waals surface area contributed by atoms with Crippen molar-refractivity contribution in [3.05, 3.63) is 0 Å². The smallest absolute Gasteiger partial charge is 0.407 e. The van der Waals surface area contributed by atoms with Crippen LogP contribution in [-0.2, 0) is 9.47 Å². The maximum atomic E-state index is 12.8. The number of halogens is 12. The molecule has 0 saturated heterocycles. The summed E-state index contributed by atoms with van der Waals surface area (Å²) in [7, 11) is 0. The summed E-state index contributed by atoms with van der Waals surface area (Å²) in [6.45, 7) is -0.716. The van der Waals surface area contributed by atoms with E-state index in [2.05, 4.69) is 14.8 Å². The zero-order valence-corrected chi connectivity index (χ0v) is 24.6. The van der Waals surface area contributed by atoms with Gasteiger partial charge in [-0.05, 0) is 25.7 Å². The van der Waals surface area contributed by atoms with Gasteiger partial charge in [0.15, 0.2) is 0 Å². The van der Waals surface area contributed by atoms with Crippen molar-refractivity contribution in [2.24, 2.45) is 5.73 Å². The SMILES string of the molecule is Cl.NC1CCC(F)(F)CC1.O=C(Cl)OCC(Cl)(Cl)Cl.O=C(NC1CCC(F)(F)CC1)OCC(Cl)(Cl)Cl. The molecule has 0 bridgehead atoms. The standard InChI is InChI=1S/C9H12Cl3F2NO2.C6H11F2N.C3H2Cl4O2.ClH/c10-9(11,12)5-17-7(16)15-6-1-3-8(13,14)4-2-6;7-6(8)3-1-5(9)2-4-6;4-2(8)9-1-3(5,6)7;/h6H,1-5H2,(H,15,16);5H,1-4,9H2;1H2;1H. The fraction of sp³-hybridized carbons (Fsp3) is 0.889. The number of nitrogens with two attached hydrogens (primary N) is 1. The van der Waals surface area contributed by atoms with Gasteiger partial charge in [0, 0.05) is 49.4 Å². The molecule has 1 amide bonds. The third kappa shape index (κ3) is 23.8. The Morgan fingerprint density at radius 1 is 0.806 bits per heavy atom. The maximum Gasteiger partial charge on any atom is 0.407 e. The highest BCUT2D eigenvalue weighted by atomic mass is 35.6. The quantitative estimate of drug-likeness (QED) is 0.176. The molecule has 216 valence electrons. The average Bonchev–Trinajstić information content (AvgIpc) is 2.69. The van der Waals surface area contributed by atoms with E-state index in [1.54, 1.807) is 0 Å². The molecule has 2 aliphatic rings. The highest BCUT2D eigenvalue weighted by Crippen LogP contribution is 2.33. The summed E-state index contributed by atoms with van der Waals surface area (Å²) in [6.07, 6.45) is 0.130. The second-order valence-electron chi connectivity index (χ2n) is 7.80. The van der Waals surface area contributed by atoms with Gasteiger partial charge in [0.1, 0.15) is 13.2 Å². The third-order valence-corrected chi connectivity index (χ3v) is 5.28. The molecule has 0 aliphatic heterocycles. The average molecular weight is 694 g/mol. The minimum atomic E-state index is -2.63. The van der Waals surface area contributed by atoms with Gasteiger partial charge in [0.05, 0.1) is 0 Å². The Bertz CT molecular complexity index is 650. The summed E-state index contributed by atoms with van der Waals surface area (Å²) < 4.78 is 55.8. The largest absolute Gasteiger partial charge is 0.449 e. The van der Waals surface area contributed by atoms with Gasteiger partial charge >= 0.3 is 11.5 Å². The van der Waals surface area contributed by atoms with Gasteiger partial charge in [0.25, 0.3) is 0 Å². The second kappa shape index (κ2) is 17.4. The molecule has 0 aromatic rings. The van der Waals surface area contributed by atoms with Crippen LogP contribution < -0.4 is 11.1 Å². The Balaban J connectivity index is 0. The van der Waals surface area contributed by atoms with Gasteiger partial charge in [-0.25, -0.2) is 27.2 Å². The molecule has 0 radical (unpaired) electrons. The molecule has 36 heavy (non-hydrogen) atoms. The predicted molar refractivity (Wildman–Crippen MR) is 138 cm³/mol. The van der Waals surface area contributed by atoms with Crippen LogP contribution in [0.3, 0.4) is 0 Å². The van der Waals surface area contributed by atoms with Crippen LogP contribution in [0.4, 0.5) is 27.2 Å². The minimum absolute atomic E-state index is 0. The molecule has 6 nitrogen and oxygen atoms in total. The van der Waals surface area contributed by atoms with Gasteiger partial charge < -0.3 is 20.5 Å². The Hall–Kier alpha value is 0.740. The monoisotopic (exact) mass is 690 g/mol. The van der Waals surface area contributed by atoms with Crippen LogP contribution in [0.25, 0.3) is 0 Å². The number of rotatable bonds is 3. The summed E-state index contributed by atoms with van der Waals surface area (Å²) in [5.74, 6) is -5.05. The van der Waals surface area contributed by atoms with Crippen molar-refractivity contribution >= 4 is 105 Å². The maximum absolute atomic E-state index is 12.8. The van der Waals surface area contributed by atoms with Crippen LogP contribution >= 0.6 is 93.6 Å². The minimum Gasteiger partial charge on any atom is -0.449 e. The van der Waals surface area contributed by atoms with E-state index in [9.17, 15) is 27.2 Å². The lowest BCUT2D eigenvalue weighted by molar-refractivity contribution is -0.0403. The van der Waals surface area contributed by atoms with Crippen molar-refractivity contribution in [1.29, 1.82) is 0 Å². The lowest BCUT2D eigenvalue weighted by atomic mass is 9.92. The van der Waals surface area contributed by atoms with Gasteiger partial charge in [-0.15, -0.1) is 12.4 Å². The van der Waals surface area contributed by atoms with Crippen LogP contribution in [0.5, 0.6) is 0 Å². The first-order valence-electron chi connectivity index (χ1n) is 10.1. The van der Waals surface area contributed by atoms with E-state index in [1.165, 1.54) is 0 Å². The van der Waals surface area contributed by atoms with E-state index >= 15 is 0 Å². The topological polar surface area (TPSA) is 90.7 Å². The molecule has 2 saturated carbocycles. The van der Waals surface area contributed by atoms with E-state index in [0.717, 1.165) is 0 Å². The van der Waals surface area contributed by atoms with Crippen molar-refractivity contribution in [2.75, 3.05) is 13.2 Å². The Labute approximate surface area is 247 Å². The van der Waals surface area contributed by atoms with Crippen LogP contribution in [-0.4, -0.2) is 56.2 Å². The lowest BCUT2D eigenvalue weighted by Gasteiger charge is -2.28. The summed E-state index contributed by atoms with van der Waals surface area (Å²) in [4.78, 5) is 21.1. The number of carbonyl (C=O) groups is 2. The Kier molecular flexibility index (Phi) is 18.8. The highest BCUT2D eigenvalue weighted by molar-refractivity contribution is 6.68. The highest BCUT2D eigenvalue weighted by Gasteiger charge is 2.36. The normalized spacial score (nSPS) is 19.8. The molecular formula is C18H26Cl8F4N2O4. The Morgan fingerprint density at radius 3 is 1.47 bits per heavy atom. The van der Waals surface area contributed by atoms with Crippen molar-refractivity contribution < 1.29 is 36.6 Å². The van der Waals surface area contributed by atoms with Crippen molar-refractivity contribution in [3.63, 3.8) is 0 Å². The Morgan fingerprint density at radius 2 is 1.17 bits per heavy atom. The fourth-order valence-electron chi connectivity index (χ4n) is 2.74. The molecule has 2 rings (SSSR count). The molecule has 2 aliphatic carbocycles. The molecule has 0 spiro atoms. The summed E-state index contributed by atoms with van der Waals surface area (Å²) in [5.41, 5.74) is 4.44. The predicted octanol–water partition coefficient (Wildman–Crippen LogP) is 8.34. The molecule has 0 aromatic carbocycles. The first kappa shape index (κ1) is 38.9. The molecule has 18 heteroatoms. The van der Waals surface area contributed by atoms with Gasteiger partial charge in [-0.1, -0.05) is 69.6 Å². The van der Waals surface area contributed by atoms with Crippen LogP contribution in [0.1, 0.15) is 51.4 Å². The molecule has 0 atom stereocenters. The molecule has 0 unspecified atom stereocenters. The number of amides is 1. The zero-order chi connectivity index (χ0) is 27.5. The third-order valence-electron chi connectivity index (χ3n) is 4.52. The van der Waals surface area contributed by atoms with Crippen LogP contribution in [0.2, 0.25) is 0 Å². The first-order valence-corrected chi connectivity index (χ1v) is 12.7. The van der Waals surface area contributed by atoms with E-state index in [-0.39, 0.29) is 76.2 Å². The van der Waals surface area contributed by atoms with Gasteiger partial charge in [-0.2, -0.15) is 0 Å². The number of nitrogens with one attached hydrogen (secondary N) is 1.